The molecule has 0 bridgehead atoms. The van der Waals surface area contributed by atoms with Crippen molar-refractivity contribution in [3.05, 3.63) is 11.8 Å². The molecule has 1 unspecified atom stereocenters. The third-order valence-electron chi connectivity index (χ3n) is 0.263. The first-order valence-corrected chi connectivity index (χ1v) is 3.69. The fourth-order valence-electron chi connectivity index (χ4n) is 0.110. The van der Waals surface area contributed by atoms with E-state index in [4.69, 9.17) is 16.5 Å². The third kappa shape index (κ3) is 5.98. The molecule has 1 atom stereocenters. The monoisotopic (exact) mass is 157 g/mol. The number of nitrogens with two attached hydrogens (primary N) is 1. The fraction of sp³-hybridized carbons (Fsp3) is 0. The van der Waals surface area contributed by atoms with Crippen molar-refractivity contribution in [2.75, 3.05) is 0 Å². The maximum absolute atomic E-state index is 9.97. The highest BCUT2D eigenvalue weighted by molar-refractivity contribution is 7.50. The van der Waals surface area contributed by atoms with Crippen molar-refractivity contribution in [1.29, 1.82) is 0 Å². The van der Waals surface area contributed by atoms with Crippen LogP contribution in [0.1, 0.15) is 0 Å². The Hall–Kier alpha value is -0.0200. The molecule has 0 rings (SSSR count). The van der Waals surface area contributed by atoms with E-state index in [1.54, 1.807) is 0 Å². The molecule has 4 nitrogen and oxygen atoms in total. The third-order valence-corrected chi connectivity index (χ3v) is 0.790. The van der Waals surface area contributed by atoms with Gasteiger partial charge in [-0.3, -0.25) is 0 Å². The summed E-state index contributed by atoms with van der Waals surface area (Å²) < 4.78 is 13.9. The average molecular weight is 157 g/mol. The summed E-state index contributed by atoms with van der Waals surface area (Å²) in [6.45, 7) is 0. The lowest BCUT2D eigenvalue weighted by atomic mass is 11.2. The van der Waals surface area contributed by atoms with E-state index in [2.05, 4.69) is 10.0 Å². The minimum Gasteiger partial charge on any atom is -0.420 e. The predicted molar refractivity (Wildman–Crippen MR) is 30.1 cm³/mol. The molecule has 0 aromatic carbocycles. The van der Waals surface area contributed by atoms with Gasteiger partial charge in [-0.2, -0.15) is 0 Å². The van der Waals surface area contributed by atoms with Crippen molar-refractivity contribution in [3.8, 4) is 0 Å². The quantitative estimate of drug-likeness (QED) is 0.459. The van der Waals surface area contributed by atoms with Crippen molar-refractivity contribution in [2.45, 2.75) is 0 Å². The maximum Gasteiger partial charge on any atom is 0.452 e. The Kier molecular flexibility index (Phi) is 3.09. The van der Waals surface area contributed by atoms with Crippen molar-refractivity contribution < 1.29 is 14.0 Å². The van der Waals surface area contributed by atoms with Crippen LogP contribution in [0.4, 0.5) is 0 Å². The highest BCUT2D eigenvalue weighted by Gasteiger charge is 2.07. The SMILES string of the molecule is NP(=O)(O)OC=CCl. The zero-order valence-electron chi connectivity index (χ0n) is 3.82. The highest BCUT2D eigenvalue weighted by atomic mass is 35.5. The molecule has 0 aliphatic heterocycles. The van der Waals surface area contributed by atoms with Crippen LogP contribution in [0.15, 0.2) is 11.8 Å². The average Bonchev–Trinajstić information content (AvgIpc) is 1.59. The standard InChI is InChI=1S/C2H5ClNO3P/c3-1-2-7-8(4,5)6/h1-2H,(H3,4,5,6). The van der Waals surface area contributed by atoms with Gasteiger partial charge in [-0.25, -0.2) is 10.1 Å². The summed E-state index contributed by atoms with van der Waals surface area (Å²) in [7, 11) is -3.85. The molecule has 0 radical (unpaired) electrons. The normalized spacial score (nSPS) is 18.4. The van der Waals surface area contributed by atoms with E-state index in [0.717, 1.165) is 11.8 Å². The molecule has 0 spiro atoms. The number of halogens is 1. The van der Waals surface area contributed by atoms with Crippen molar-refractivity contribution >= 4 is 19.3 Å². The summed E-state index contributed by atoms with van der Waals surface area (Å²) in [5.74, 6) is 0. The van der Waals surface area contributed by atoms with Crippen LogP contribution in [0.5, 0.6) is 0 Å². The molecule has 0 heterocycles. The summed E-state index contributed by atoms with van der Waals surface area (Å²) in [5.41, 5.74) is 5.44. The van der Waals surface area contributed by atoms with Gasteiger partial charge in [0.15, 0.2) is 0 Å². The topological polar surface area (TPSA) is 72.6 Å². The molecule has 8 heavy (non-hydrogen) atoms. The lowest BCUT2D eigenvalue weighted by molar-refractivity contribution is 0.349. The van der Waals surface area contributed by atoms with Gasteiger partial charge in [0.05, 0.1) is 0 Å². The second-order valence-corrected chi connectivity index (χ2v) is 2.52. The zero-order valence-corrected chi connectivity index (χ0v) is 5.47. The molecule has 0 amide bonds. The first-order valence-electron chi connectivity index (χ1n) is 1.61. The molecule has 0 aromatic rings. The van der Waals surface area contributed by atoms with Gasteiger partial charge in [0, 0.05) is 5.54 Å². The molecule has 0 saturated carbocycles. The van der Waals surface area contributed by atoms with E-state index in [9.17, 15) is 4.57 Å². The van der Waals surface area contributed by atoms with E-state index in [0.29, 0.717) is 0 Å². The molecule has 0 aromatic heterocycles. The lowest BCUT2D eigenvalue weighted by Crippen LogP contribution is -1.92. The Morgan fingerprint density at radius 2 is 2.38 bits per heavy atom. The first kappa shape index (κ1) is 7.98. The van der Waals surface area contributed by atoms with Crippen LogP contribution >= 0.6 is 19.3 Å². The maximum atomic E-state index is 9.97. The van der Waals surface area contributed by atoms with Crippen LogP contribution < -0.4 is 5.50 Å². The molecule has 0 saturated heterocycles. The fourth-order valence-corrected chi connectivity index (χ4v) is 0.469. The van der Waals surface area contributed by atoms with E-state index >= 15 is 0 Å². The van der Waals surface area contributed by atoms with Crippen LogP contribution in [0.2, 0.25) is 0 Å². The summed E-state index contributed by atoms with van der Waals surface area (Å²) in [6, 6.07) is 0. The van der Waals surface area contributed by atoms with Crippen LogP contribution in [0.25, 0.3) is 0 Å². The zero-order chi connectivity index (χ0) is 6.62. The minimum atomic E-state index is -3.85. The Balaban J connectivity index is 3.57. The molecular formula is C2H5ClNO3P. The van der Waals surface area contributed by atoms with Gasteiger partial charge in [-0.05, 0) is 0 Å². The van der Waals surface area contributed by atoms with Crippen LogP contribution in [-0.4, -0.2) is 4.89 Å². The van der Waals surface area contributed by atoms with E-state index in [1.807, 2.05) is 0 Å². The highest BCUT2D eigenvalue weighted by Crippen LogP contribution is 2.31. The molecule has 48 valence electrons. The van der Waals surface area contributed by atoms with Gasteiger partial charge in [0.2, 0.25) is 0 Å². The number of hydrogen-bond donors (Lipinski definition) is 2. The Morgan fingerprint density at radius 1 is 1.88 bits per heavy atom. The van der Waals surface area contributed by atoms with Gasteiger partial charge in [-0.15, -0.1) is 0 Å². The lowest BCUT2D eigenvalue weighted by Gasteiger charge is -1.99. The van der Waals surface area contributed by atoms with Crippen LogP contribution in [0, 0.1) is 0 Å². The minimum absolute atomic E-state index is 0.836. The Morgan fingerprint density at radius 3 is 2.50 bits per heavy atom. The van der Waals surface area contributed by atoms with Gasteiger partial charge in [0.1, 0.15) is 6.26 Å². The van der Waals surface area contributed by atoms with Crippen LogP contribution in [0.3, 0.4) is 0 Å². The Bertz CT molecular complexity index is 129. The summed E-state index contributed by atoms with van der Waals surface area (Å²) >= 11 is 4.91. The van der Waals surface area contributed by atoms with E-state index in [1.165, 1.54) is 0 Å². The molecule has 0 aliphatic carbocycles. The van der Waals surface area contributed by atoms with Crippen LogP contribution in [-0.2, 0) is 9.09 Å². The predicted octanol–water partition coefficient (Wildman–Crippen LogP) is 0.772. The van der Waals surface area contributed by atoms with Gasteiger partial charge in [-0.1, -0.05) is 11.6 Å². The summed E-state index contributed by atoms with van der Waals surface area (Å²) in [4.78, 5) is 8.15. The summed E-state index contributed by atoms with van der Waals surface area (Å²) in [5, 5.41) is 0. The summed E-state index contributed by atoms with van der Waals surface area (Å²) in [6.07, 6.45) is 0.836. The molecule has 0 fully saturated rings. The first-order chi connectivity index (χ1) is 3.56. The van der Waals surface area contributed by atoms with Gasteiger partial charge < -0.3 is 9.42 Å². The van der Waals surface area contributed by atoms with E-state index < -0.39 is 7.75 Å². The van der Waals surface area contributed by atoms with Gasteiger partial charge in [0.25, 0.3) is 0 Å². The largest absolute Gasteiger partial charge is 0.452 e. The van der Waals surface area contributed by atoms with Crippen molar-refractivity contribution in [2.24, 2.45) is 5.50 Å². The molecular weight excluding hydrogens is 152 g/mol. The van der Waals surface area contributed by atoms with Gasteiger partial charge >= 0.3 is 7.75 Å². The smallest absolute Gasteiger partial charge is 0.420 e. The Labute approximate surface area is 51.5 Å². The number of hydrogen-bond acceptors (Lipinski definition) is 2. The second-order valence-electron chi connectivity index (χ2n) is 0.932. The van der Waals surface area contributed by atoms with E-state index in [-0.39, 0.29) is 0 Å². The second kappa shape index (κ2) is 3.10. The molecule has 0 aliphatic rings. The van der Waals surface area contributed by atoms with Crippen molar-refractivity contribution in [1.82, 2.24) is 0 Å². The number of rotatable bonds is 2. The molecule has 6 heteroatoms. The molecule has 3 N–H and O–H groups in total. The van der Waals surface area contributed by atoms with Crippen molar-refractivity contribution in [3.63, 3.8) is 0 Å².